The zero-order valence-electron chi connectivity index (χ0n) is 16.5. The van der Waals surface area contributed by atoms with Gasteiger partial charge in [0, 0.05) is 6.07 Å². The number of carbonyl (C=O) groups is 1. The van der Waals surface area contributed by atoms with E-state index in [0.717, 1.165) is 11.3 Å². The highest BCUT2D eigenvalue weighted by Gasteiger charge is 2.15. The van der Waals surface area contributed by atoms with Gasteiger partial charge in [0.2, 0.25) is 5.82 Å². The highest BCUT2D eigenvalue weighted by molar-refractivity contribution is 5.69. The normalized spacial score (nSPS) is 10.4. The average molecular weight is 398 g/mol. The van der Waals surface area contributed by atoms with E-state index in [-0.39, 0.29) is 25.5 Å². The molecule has 0 spiro atoms. The van der Waals surface area contributed by atoms with Crippen LogP contribution in [0.3, 0.4) is 0 Å². The molecule has 0 atom stereocenters. The molecule has 0 bridgehead atoms. The summed E-state index contributed by atoms with van der Waals surface area (Å²) in [4.78, 5) is 16.2. The molecule has 152 valence electrons. The fourth-order valence-electron chi connectivity index (χ4n) is 2.58. The van der Waals surface area contributed by atoms with Gasteiger partial charge in [-0.3, -0.25) is 4.79 Å². The monoisotopic (exact) mass is 398 g/mol. The minimum Gasteiger partial charge on any atom is -0.497 e. The SMILES string of the molecule is COc1ccc(-c2noc(COC(=O)CCOc3ccccc3C)n2)c(OC)c1. The van der Waals surface area contributed by atoms with Gasteiger partial charge in [-0.05, 0) is 30.7 Å². The van der Waals surface area contributed by atoms with Crippen molar-refractivity contribution in [1.29, 1.82) is 0 Å². The third-order valence-electron chi connectivity index (χ3n) is 4.13. The Morgan fingerprint density at radius 2 is 1.90 bits per heavy atom. The summed E-state index contributed by atoms with van der Waals surface area (Å²) in [5.74, 6) is 2.04. The number of rotatable bonds is 9. The van der Waals surface area contributed by atoms with Crippen LogP contribution in [0.25, 0.3) is 11.4 Å². The molecule has 29 heavy (non-hydrogen) atoms. The van der Waals surface area contributed by atoms with E-state index in [9.17, 15) is 4.79 Å². The highest BCUT2D eigenvalue weighted by Crippen LogP contribution is 2.31. The van der Waals surface area contributed by atoms with Gasteiger partial charge in [-0.15, -0.1) is 0 Å². The van der Waals surface area contributed by atoms with Crippen LogP contribution in [-0.4, -0.2) is 36.9 Å². The van der Waals surface area contributed by atoms with Crippen molar-refractivity contribution < 1.29 is 28.3 Å². The zero-order valence-corrected chi connectivity index (χ0v) is 16.5. The number of aromatic nitrogens is 2. The molecule has 0 N–H and O–H groups in total. The lowest BCUT2D eigenvalue weighted by Gasteiger charge is -2.08. The molecule has 0 fully saturated rings. The van der Waals surface area contributed by atoms with E-state index in [0.29, 0.717) is 22.9 Å². The van der Waals surface area contributed by atoms with Gasteiger partial charge < -0.3 is 23.5 Å². The van der Waals surface area contributed by atoms with E-state index in [1.165, 1.54) is 0 Å². The summed E-state index contributed by atoms with van der Waals surface area (Å²) in [6, 6.07) is 12.9. The minimum atomic E-state index is -0.416. The summed E-state index contributed by atoms with van der Waals surface area (Å²) >= 11 is 0. The number of esters is 1. The first kappa shape index (κ1) is 20.2. The van der Waals surface area contributed by atoms with Crippen molar-refractivity contribution in [1.82, 2.24) is 10.1 Å². The van der Waals surface area contributed by atoms with Crippen molar-refractivity contribution in [3.05, 3.63) is 53.9 Å². The second kappa shape index (κ2) is 9.59. The standard InChI is InChI=1S/C21H22N2O6/c1-14-6-4-5-7-17(14)27-11-10-20(24)28-13-19-22-21(23-29-19)16-9-8-15(25-2)12-18(16)26-3/h4-9,12H,10-11,13H2,1-3H3. The lowest BCUT2D eigenvalue weighted by atomic mass is 10.2. The second-order valence-corrected chi connectivity index (χ2v) is 6.10. The van der Waals surface area contributed by atoms with E-state index in [1.807, 2.05) is 31.2 Å². The van der Waals surface area contributed by atoms with Gasteiger partial charge in [0.25, 0.3) is 5.89 Å². The molecule has 8 nitrogen and oxygen atoms in total. The molecule has 3 aromatic rings. The number of hydrogen-bond acceptors (Lipinski definition) is 8. The number of methoxy groups -OCH3 is 2. The Hall–Kier alpha value is -3.55. The van der Waals surface area contributed by atoms with Crippen molar-refractivity contribution in [2.75, 3.05) is 20.8 Å². The Bertz CT molecular complexity index is 969. The van der Waals surface area contributed by atoms with E-state index >= 15 is 0 Å². The van der Waals surface area contributed by atoms with E-state index in [1.54, 1.807) is 32.4 Å². The quantitative estimate of drug-likeness (QED) is 0.505. The Morgan fingerprint density at radius 1 is 1.07 bits per heavy atom. The molecule has 0 aliphatic carbocycles. The van der Waals surface area contributed by atoms with Crippen LogP contribution >= 0.6 is 0 Å². The third kappa shape index (κ3) is 5.25. The minimum absolute atomic E-state index is 0.113. The summed E-state index contributed by atoms with van der Waals surface area (Å²) in [6.45, 7) is 2.05. The zero-order chi connectivity index (χ0) is 20.6. The summed E-state index contributed by atoms with van der Waals surface area (Å²) in [6.07, 6.45) is 0.113. The lowest BCUT2D eigenvalue weighted by Crippen LogP contribution is -2.10. The number of aryl methyl sites for hydroxylation is 1. The Labute approximate surface area is 168 Å². The number of nitrogens with zero attached hydrogens (tertiary/aromatic N) is 2. The Balaban J connectivity index is 1.51. The number of ether oxygens (including phenoxy) is 4. The predicted octanol–water partition coefficient (Wildman–Crippen LogP) is 3.57. The van der Waals surface area contributed by atoms with Crippen LogP contribution in [-0.2, 0) is 16.1 Å². The van der Waals surface area contributed by atoms with Crippen LogP contribution in [0.1, 0.15) is 17.9 Å². The van der Waals surface area contributed by atoms with E-state index in [4.69, 9.17) is 23.5 Å². The molecule has 1 heterocycles. The maximum absolute atomic E-state index is 11.9. The Morgan fingerprint density at radius 3 is 2.66 bits per heavy atom. The second-order valence-electron chi connectivity index (χ2n) is 6.10. The first-order valence-corrected chi connectivity index (χ1v) is 8.99. The van der Waals surface area contributed by atoms with Gasteiger partial charge in [0.1, 0.15) is 17.2 Å². The molecule has 0 saturated carbocycles. The molecule has 0 aliphatic heterocycles. The van der Waals surface area contributed by atoms with Crippen molar-refractivity contribution in [3.8, 4) is 28.6 Å². The third-order valence-corrected chi connectivity index (χ3v) is 4.13. The van der Waals surface area contributed by atoms with Gasteiger partial charge in [-0.2, -0.15) is 4.98 Å². The molecule has 0 amide bonds. The fraction of sp³-hybridized carbons (Fsp3) is 0.286. The summed E-state index contributed by atoms with van der Waals surface area (Å²) in [7, 11) is 3.11. The molecule has 0 radical (unpaired) electrons. The molecule has 2 aromatic carbocycles. The van der Waals surface area contributed by atoms with Gasteiger partial charge in [0.15, 0.2) is 6.61 Å². The first-order valence-electron chi connectivity index (χ1n) is 8.99. The smallest absolute Gasteiger partial charge is 0.309 e. The number of para-hydroxylation sites is 1. The summed E-state index contributed by atoms with van der Waals surface area (Å²) in [5, 5.41) is 3.92. The van der Waals surface area contributed by atoms with Crippen molar-refractivity contribution in [3.63, 3.8) is 0 Å². The van der Waals surface area contributed by atoms with Gasteiger partial charge in [0.05, 0.1) is 32.8 Å². The molecular formula is C21H22N2O6. The summed E-state index contributed by atoms with van der Waals surface area (Å²) < 4.78 is 26.4. The molecule has 0 unspecified atom stereocenters. The first-order chi connectivity index (χ1) is 14.1. The molecular weight excluding hydrogens is 376 g/mol. The maximum atomic E-state index is 11.9. The van der Waals surface area contributed by atoms with Gasteiger partial charge in [-0.1, -0.05) is 23.4 Å². The van der Waals surface area contributed by atoms with Gasteiger partial charge >= 0.3 is 5.97 Å². The van der Waals surface area contributed by atoms with E-state index < -0.39 is 5.97 Å². The van der Waals surface area contributed by atoms with Crippen LogP contribution in [0.2, 0.25) is 0 Å². The molecule has 8 heteroatoms. The van der Waals surface area contributed by atoms with Crippen LogP contribution in [0.5, 0.6) is 17.2 Å². The topological polar surface area (TPSA) is 92.9 Å². The van der Waals surface area contributed by atoms with Crippen molar-refractivity contribution in [2.45, 2.75) is 20.0 Å². The number of hydrogen-bond donors (Lipinski definition) is 0. The average Bonchev–Trinajstić information content (AvgIpc) is 3.22. The summed E-state index contributed by atoms with van der Waals surface area (Å²) in [5.41, 5.74) is 1.65. The molecule has 0 saturated heterocycles. The highest BCUT2D eigenvalue weighted by atomic mass is 16.6. The fourth-order valence-corrected chi connectivity index (χ4v) is 2.58. The number of carbonyl (C=O) groups excluding carboxylic acids is 1. The van der Waals surface area contributed by atoms with Crippen LogP contribution < -0.4 is 14.2 Å². The van der Waals surface area contributed by atoms with Crippen LogP contribution in [0, 0.1) is 6.92 Å². The molecule has 1 aromatic heterocycles. The Kier molecular flexibility index (Phi) is 6.67. The van der Waals surface area contributed by atoms with Crippen molar-refractivity contribution >= 4 is 5.97 Å². The molecule has 3 rings (SSSR count). The predicted molar refractivity (Wildman–Crippen MR) is 104 cm³/mol. The lowest BCUT2D eigenvalue weighted by molar-refractivity contribution is -0.146. The van der Waals surface area contributed by atoms with Crippen LogP contribution in [0.4, 0.5) is 0 Å². The van der Waals surface area contributed by atoms with Crippen LogP contribution in [0.15, 0.2) is 47.0 Å². The molecule has 0 aliphatic rings. The largest absolute Gasteiger partial charge is 0.497 e. The van der Waals surface area contributed by atoms with E-state index in [2.05, 4.69) is 10.1 Å². The van der Waals surface area contributed by atoms with Gasteiger partial charge in [-0.25, -0.2) is 0 Å². The number of benzene rings is 2. The maximum Gasteiger partial charge on any atom is 0.309 e. The van der Waals surface area contributed by atoms with Crippen molar-refractivity contribution in [2.24, 2.45) is 0 Å².